The van der Waals surface area contributed by atoms with E-state index in [2.05, 4.69) is 38.2 Å². The lowest BCUT2D eigenvalue weighted by Crippen LogP contribution is -2.29. The number of phosphoric ester groups is 1. The molecule has 0 saturated heterocycles. The van der Waals surface area contributed by atoms with Crippen molar-refractivity contribution in [2.75, 3.05) is 26.4 Å². The van der Waals surface area contributed by atoms with Gasteiger partial charge in [0.1, 0.15) is 6.61 Å². The standard InChI is InChI=1S/C83H162NO8P/c1-3-5-7-9-11-13-15-17-19-21-23-25-27-29-31-33-35-36-37-38-39-40-41-42-43-44-46-48-50-52-54-56-58-60-62-64-66-68-70-72-74-76-83(86)92-81(80-91-93(87,88)90-78-77-84)79-89-82(85)75-73-71-69-67-65-63-61-59-57-55-53-51-49-47-45-34-32-30-28-26-24-22-20-18-16-14-12-10-8-6-4-2/h15,17,21,23,81H,3-14,16,18-20,22,24-80,84H2,1-2H3,(H,87,88)/b17-15-,23-21-. The maximum Gasteiger partial charge on any atom is 0.472 e. The van der Waals surface area contributed by atoms with Crippen molar-refractivity contribution in [1.29, 1.82) is 0 Å². The number of esters is 2. The van der Waals surface area contributed by atoms with E-state index in [0.717, 1.165) is 38.5 Å². The third kappa shape index (κ3) is 79.4. The van der Waals surface area contributed by atoms with Gasteiger partial charge in [-0.2, -0.15) is 0 Å². The molecule has 0 amide bonds. The Kier molecular flexibility index (Phi) is 78.2. The first-order chi connectivity index (χ1) is 45.8. The summed E-state index contributed by atoms with van der Waals surface area (Å²) < 4.78 is 33.3. The fourth-order valence-corrected chi connectivity index (χ4v) is 13.9. The van der Waals surface area contributed by atoms with Crippen molar-refractivity contribution >= 4 is 19.8 Å². The highest BCUT2D eigenvalue weighted by atomic mass is 31.2. The molecule has 0 spiro atoms. The summed E-state index contributed by atoms with van der Waals surface area (Å²) in [6.45, 7) is 3.84. The number of phosphoric acid groups is 1. The predicted molar refractivity (Wildman–Crippen MR) is 404 cm³/mol. The van der Waals surface area contributed by atoms with Gasteiger partial charge in [-0.15, -0.1) is 0 Å². The van der Waals surface area contributed by atoms with Crippen LogP contribution in [0.3, 0.4) is 0 Å². The molecule has 2 atom stereocenters. The van der Waals surface area contributed by atoms with Crippen LogP contribution >= 0.6 is 7.82 Å². The van der Waals surface area contributed by atoms with Crippen LogP contribution in [0.5, 0.6) is 0 Å². The number of carbonyl (C=O) groups excluding carboxylic acids is 2. The Morgan fingerprint density at radius 3 is 0.817 bits per heavy atom. The molecule has 0 aliphatic carbocycles. The van der Waals surface area contributed by atoms with Crippen molar-refractivity contribution in [3.05, 3.63) is 24.3 Å². The molecule has 0 bridgehead atoms. The van der Waals surface area contributed by atoms with Crippen molar-refractivity contribution in [2.45, 2.75) is 469 Å². The molecule has 0 radical (unpaired) electrons. The zero-order valence-corrected chi connectivity index (χ0v) is 63.4. The van der Waals surface area contributed by atoms with E-state index in [-0.39, 0.29) is 38.6 Å². The molecule has 0 aromatic heterocycles. The van der Waals surface area contributed by atoms with Gasteiger partial charge in [0.15, 0.2) is 6.10 Å². The second-order valence-corrected chi connectivity index (χ2v) is 30.2. The summed E-state index contributed by atoms with van der Waals surface area (Å²) >= 11 is 0. The first-order valence-corrected chi connectivity index (χ1v) is 43.3. The maximum absolute atomic E-state index is 12.8. The van der Waals surface area contributed by atoms with E-state index >= 15 is 0 Å². The lowest BCUT2D eigenvalue weighted by atomic mass is 10.0. The second-order valence-electron chi connectivity index (χ2n) is 28.7. The molecule has 2 unspecified atom stereocenters. The Morgan fingerprint density at radius 1 is 0.323 bits per heavy atom. The van der Waals surface area contributed by atoms with E-state index < -0.39 is 26.5 Å². The van der Waals surface area contributed by atoms with Gasteiger partial charge in [0.05, 0.1) is 13.2 Å². The Hall–Kier alpha value is -1.51. The SMILES string of the molecule is CCCCCCC/C=C\C/C=C\CCCCCCCCCCCCCCCCCCCCCCCCCCCCCCCC(=O)OC(COC(=O)CCCCCCCCCCCCCCCCCCCCCCCCCCCCCCCCC)COP(=O)(O)OCCN. The molecule has 0 heterocycles. The Bertz CT molecular complexity index is 1570. The van der Waals surface area contributed by atoms with Crippen LogP contribution in [0.4, 0.5) is 0 Å². The highest BCUT2D eigenvalue weighted by molar-refractivity contribution is 7.47. The smallest absolute Gasteiger partial charge is 0.462 e. The van der Waals surface area contributed by atoms with Crippen LogP contribution in [-0.2, 0) is 32.7 Å². The number of hydrogen-bond donors (Lipinski definition) is 2. The molecule has 0 rings (SSSR count). The summed E-state index contributed by atoms with van der Waals surface area (Å²) in [5, 5.41) is 0. The van der Waals surface area contributed by atoms with Crippen LogP contribution < -0.4 is 5.73 Å². The monoisotopic (exact) mass is 1330 g/mol. The maximum atomic E-state index is 12.8. The molecular weight excluding hydrogens is 1170 g/mol. The van der Waals surface area contributed by atoms with E-state index in [9.17, 15) is 19.0 Å². The first-order valence-electron chi connectivity index (χ1n) is 41.8. The van der Waals surface area contributed by atoms with Crippen molar-refractivity contribution in [1.82, 2.24) is 0 Å². The summed E-state index contributed by atoms with van der Waals surface area (Å²) in [6.07, 6.45) is 101. The van der Waals surface area contributed by atoms with E-state index in [4.69, 9.17) is 24.3 Å². The molecule has 0 aliphatic heterocycles. The van der Waals surface area contributed by atoms with Crippen LogP contribution in [0.25, 0.3) is 0 Å². The van der Waals surface area contributed by atoms with Crippen molar-refractivity contribution in [2.24, 2.45) is 5.73 Å². The van der Waals surface area contributed by atoms with Gasteiger partial charge in [0.25, 0.3) is 0 Å². The second kappa shape index (κ2) is 79.5. The van der Waals surface area contributed by atoms with Crippen molar-refractivity contribution < 1.29 is 37.6 Å². The number of ether oxygens (including phenoxy) is 2. The van der Waals surface area contributed by atoms with Crippen LogP contribution in [0.1, 0.15) is 463 Å². The van der Waals surface area contributed by atoms with E-state index in [1.807, 2.05) is 0 Å². The average molecular weight is 1330 g/mol. The zero-order chi connectivity index (χ0) is 67.2. The van der Waals surface area contributed by atoms with Crippen LogP contribution in [0.2, 0.25) is 0 Å². The zero-order valence-electron chi connectivity index (χ0n) is 62.5. The molecule has 10 heteroatoms. The number of hydrogen-bond acceptors (Lipinski definition) is 8. The van der Waals surface area contributed by atoms with Crippen LogP contribution in [0, 0.1) is 0 Å². The van der Waals surface area contributed by atoms with Gasteiger partial charge in [-0.3, -0.25) is 18.6 Å². The van der Waals surface area contributed by atoms with Gasteiger partial charge in [0.2, 0.25) is 0 Å². The minimum absolute atomic E-state index is 0.0579. The summed E-state index contributed by atoms with van der Waals surface area (Å²) in [7, 11) is -4.39. The summed E-state index contributed by atoms with van der Waals surface area (Å²) in [4.78, 5) is 35.5. The number of unbranched alkanes of at least 4 members (excludes halogenated alkanes) is 64. The van der Waals surface area contributed by atoms with Gasteiger partial charge < -0.3 is 20.1 Å². The average Bonchev–Trinajstić information content (AvgIpc) is 3.49. The summed E-state index contributed by atoms with van der Waals surface area (Å²) in [6, 6.07) is 0. The van der Waals surface area contributed by atoms with Crippen LogP contribution in [-0.4, -0.2) is 49.3 Å². The normalized spacial score (nSPS) is 12.9. The van der Waals surface area contributed by atoms with E-state index in [1.54, 1.807) is 0 Å². The molecular formula is C83H162NO8P. The van der Waals surface area contributed by atoms with Gasteiger partial charge >= 0.3 is 19.8 Å². The topological polar surface area (TPSA) is 134 Å². The fraction of sp³-hybridized carbons (Fsp3) is 0.928. The number of rotatable bonds is 81. The first kappa shape index (κ1) is 91.5. The molecule has 93 heavy (non-hydrogen) atoms. The Balaban J connectivity index is 3.71. The molecule has 0 aliphatic rings. The molecule has 9 nitrogen and oxygen atoms in total. The molecule has 552 valence electrons. The Morgan fingerprint density at radius 2 is 0.559 bits per heavy atom. The third-order valence-electron chi connectivity index (χ3n) is 19.3. The minimum atomic E-state index is -4.39. The quantitative estimate of drug-likeness (QED) is 0.0264. The molecule has 0 saturated carbocycles. The fourth-order valence-electron chi connectivity index (χ4n) is 13.1. The van der Waals surface area contributed by atoms with Crippen LogP contribution in [0.15, 0.2) is 24.3 Å². The lowest BCUT2D eigenvalue weighted by Gasteiger charge is -2.19. The predicted octanol–water partition coefficient (Wildman–Crippen LogP) is 28.0. The minimum Gasteiger partial charge on any atom is -0.462 e. The van der Waals surface area contributed by atoms with Crippen molar-refractivity contribution in [3.63, 3.8) is 0 Å². The molecule has 0 aromatic carbocycles. The summed E-state index contributed by atoms with van der Waals surface area (Å²) in [5.74, 6) is -0.796. The highest BCUT2D eigenvalue weighted by Crippen LogP contribution is 2.43. The van der Waals surface area contributed by atoms with Crippen molar-refractivity contribution in [3.8, 4) is 0 Å². The third-order valence-corrected chi connectivity index (χ3v) is 20.3. The van der Waals surface area contributed by atoms with E-state index in [0.29, 0.717) is 6.42 Å². The lowest BCUT2D eigenvalue weighted by molar-refractivity contribution is -0.161. The largest absolute Gasteiger partial charge is 0.472 e. The number of allylic oxidation sites excluding steroid dienone is 4. The van der Waals surface area contributed by atoms with Gasteiger partial charge in [-0.1, -0.05) is 430 Å². The van der Waals surface area contributed by atoms with Gasteiger partial charge in [0, 0.05) is 19.4 Å². The Labute approximate surface area is 580 Å². The van der Waals surface area contributed by atoms with E-state index in [1.165, 1.54) is 392 Å². The summed E-state index contributed by atoms with van der Waals surface area (Å²) in [5.41, 5.74) is 5.42. The molecule has 0 fully saturated rings. The van der Waals surface area contributed by atoms with Gasteiger partial charge in [-0.25, -0.2) is 4.57 Å². The number of carbonyl (C=O) groups is 2. The molecule has 3 N–H and O–H groups in total. The highest BCUT2D eigenvalue weighted by Gasteiger charge is 2.26. The molecule has 0 aromatic rings. The van der Waals surface area contributed by atoms with Gasteiger partial charge in [-0.05, 0) is 44.9 Å². The number of nitrogens with two attached hydrogens (primary N) is 1.